The van der Waals surface area contributed by atoms with E-state index in [-0.39, 0.29) is 18.1 Å². The maximum Gasteiger partial charge on any atom is 0.320 e. The summed E-state index contributed by atoms with van der Waals surface area (Å²) >= 11 is 0. The van der Waals surface area contributed by atoms with Gasteiger partial charge in [0.25, 0.3) is 0 Å². The van der Waals surface area contributed by atoms with Gasteiger partial charge in [-0.05, 0) is 62.2 Å². The van der Waals surface area contributed by atoms with Crippen molar-refractivity contribution in [2.75, 3.05) is 13.1 Å². The van der Waals surface area contributed by atoms with Crippen LogP contribution in [0.15, 0.2) is 0 Å². The predicted octanol–water partition coefficient (Wildman–Crippen LogP) is 3.10. The molecule has 0 aromatic rings. The Morgan fingerprint density at radius 1 is 0.808 bits per heavy atom. The predicted molar refractivity (Wildman–Crippen MR) is 103 cm³/mol. The Morgan fingerprint density at radius 3 is 1.42 bits per heavy atom. The van der Waals surface area contributed by atoms with Gasteiger partial charge in [0.2, 0.25) is 0 Å². The summed E-state index contributed by atoms with van der Waals surface area (Å²) in [6.45, 7) is 9.95. The molecule has 2 N–H and O–H groups in total. The summed E-state index contributed by atoms with van der Waals surface area (Å²) in [7, 11) is 0. The molecule has 0 aromatic heterocycles. The van der Waals surface area contributed by atoms with E-state index in [0.29, 0.717) is 23.7 Å². The van der Waals surface area contributed by atoms with Crippen LogP contribution < -0.4 is 0 Å². The molecule has 2 amide bonds. The smallest absolute Gasteiger partial charge is 0.320 e. The van der Waals surface area contributed by atoms with Gasteiger partial charge in [-0.3, -0.25) is 0 Å². The molecule has 0 aromatic carbocycles. The molecule has 2 saturated carbocycles. The number of aliphatic hydroxyl groups excluding tert-OH is 2. The maximum atomic E-state index is 13.6. The lowest BCUT2D eigenvalue weighted by Gasteiger charge is -2.36. The Bertz CT molecular complexity index is 446. The van der Waals surface area contributed by atoms with Crippen LogP contribution in [0.2, 0.25) is 0 Å². The van der Waals surface area contributed by atoms with Gasteiger partial charge in [-0.1, -0.05) is 27.7 Å². The summed E-state index contributed by atoms with van der Waals surface area (Å²) in [4.78, 5) is 17.4. The van der Waals surface area contributed by atoms with Gasteiger partial charge in [-0.25, -0.2) is 4.79 Å². The van der Waals surface area contributed by atoms with Gasteiger partial charge in [0.05, 0.1) is 12.1 Å². The average Bonchev–Trinajstić information content (AvgIpc) is 3.46. The minimum absolute atomic E-state index is 0.0516. The molecule has 26 heavy (non-hydrogen) atoms. The highest BCUT2D eigenvalue weighted by Gasteiger charge is 2.48. The molecule has 1 saturated heterocycles. The Morgan fingerprint density at radius 2 is 1.15 bits per heavy atom. The summed E-state index contributed by atoms with van der Waals surface area (Å²) in [5.74, 6) is 1.88. The molecule has 5 heteroatoms. The number of nitrogens with zero attached hydrogens (tertiary/aromatic N) is 2. The Hall–Kier alpha value is -0.810. The van der Waals surface area contributed by atoms with Crippen LogP contribution in [0.3, 0.4) is 0 Å². The van der Waals surface area contributed by atoms with Gasteiger partial charge in [0.1, 0.15) is 12.2 Å². The molecule has 1 heterocycles. The summed E-state index contributed by atoms with van der Waals surface area (Å²) in [6, 6.07) is -0.510. The summed E-state index contributed by atoms with van der Waals surface area (Å²) in [6.07, 6.45) is 4.44. The zero-order chi connectivity index (χ0) is 19.0. The molecule has 150 valence electrons. The second-order valence-corrected chi connectivity index (χ2v) is 9.85. The fraction of sp³-hybridized carbons (Fsp3) is 0.952. The number of rotatable bonds is 8. The molecule has 3 fully saturated rings. The standard InChI is InChI=1S/C21H38N2O3/c1-13(2)9-17-19(24)20(25)18(10-14(3)4)23(12-16-7-8-16)21(26)22(17)11-15-5-6-15/h13-20,24-25H,5-12H2,1-4H3/t17-,18-,19+,20+/m1/s1. The van der Waals surface area contributed by atoms with Gasteiger partial charge in [-0.2, -0.15) is 0 Å². The number of hydrogen-bond acceptors (Lipinski definition) is 3. The Balaban J connectivity index is 1.91. The van der Waals surface area contributed by atoms with Crippen molar-refractivity contribution < 1.29 is 15.0 Å². The fourth-order valence-electron chi connectivity index (χ4n) is 4.36. The number of urea groups is 1. The lowest BCUT2D eigenvalue weighted by molar-refractivity contribution is -0.0476. The van der Waals surface area contributed by atoms with E-state index in [1.54, 1.807) is 0 Å². The molecule has 0 radical (unpaired) electrons. The van der Waals surface area contributed by atoms with Crippen LogP contribution >= 0.6 is 0 Å². The van der Waals surface area contributed by atoms with Crippen LogP contribution in [0, 0.1) is 23.7 Å². The topological polar surface area (TPSA) is 64.0 Å². The van der Waals surface area contributed by atoms with Crippen molar-refractivity contribution in [3.8, 4) is 0 Å². The minimum Gasteiger partial charge on any atom is -0.388 e. The highest BCUT2D eigenvalue weighted by molar-refractivity contribution is 5.76. The third-order valence-electron chi connectivity index (χ3n) is 6.16. The van der Waals surface area contributed by atoms with Gasteiger partial charge < -0.3 is 20.0 Å². The van der Waals surface area contributed by atoms with E-state index >= 15 is 0 Å². The van der Waals surface area contributed by atoms with E-state index < -0.39 is 12.2 Å². The van der Waals surface area contributed by atoms with Crippen LogP contribution in [-0.2, 0) is 0 Å². The van der Waals surface area contributed by atoms with Crippen LogP contribution in [0.1, 0.15) is 66.2 Å². The molecule has 0 unspecified atom stereocenters. The number of aliphatic hydroxyl groups is 2. The third kappa shape index (κ3) is 4.72. The Labute approximate surface area is 158 Å². The van der Waals surface area contributed by atoms with Crippen molar-refractivity contribution >= 4 is 6.03 Å². The largest absolute Gasteiger partial charge is 0.388 e. The summed E-state index contributed by atoms with van der Waals surface area (Å²) in [5.41, 5.74) is 0. The van der Waals surface area contributed by atoms with Crippen LogP contribution in [0.4, 0.5) is 4.79 Å². The molecule has 3 rings (SSSR count). The van der Waals surface area contributed by atoms with Crippen molar-refractivity contribution in [2.45, 2.75) is 90.5 Å². The highest BCUT2D eigenvalue weighted by atomic mass is 16.3. The number of hydrogen-bond donors (Lipinski definition) is 2. The number of carbonyl (C=O) groups excluding carboxylic acids is 1. The van der Waals surface area contributed by atoms with E-state index in [2.05, 4.69) is 27.7 Å². The molecule has 1 aliphatic heterocycles. The third-order valence-corrected chi connectivity index (χ3v) is 6.16. The first-order valence-electron chi connectivity index (χ1n) is 10.7. The van der Waals surface area contributed by atoms with Crippen molar-refractivity contribution in [3.05, 3.63) is 0 Å². The lowest BCUT2D eigenvalue weighted by Crippen LogP contribution is -2.51. The molecular formula is C21H38N2O3. The van der Waals surface area contributed by atoms with Gasteiger partial charge in [0, 0.05) is 13.1 Å². The average molecular weight is 367 g/mol. The first-order valence-corrected chi connectivity index (χ1v) is 10.7. The number of carbonyl (C=O) groups is 1. The monoisotopic (exact) mass is 366 g/mol. The maximum absolute atomic E-state index is 13.6. The second-order valence-electron chi connectivity index (χ2n) is 9.85. The highest BCUT2D eigenvalue weighted by Crippen LogP contribution is 2.37. The van der Waals surface area contributed by atoms with Gasteiger partial charge >= 0.3 is 6.03 Å². The van der Waals surface area contributed by atoms with E-state index in [4.69, 9.17) is 0 Å². The van der Waals surface area contributed by atoms with Crippen LogP contribution in [-0.4, -0.2) is 63.4 Å². The molecule has 0 spiro atoms. The van der Waals surface area contributed by atoms with E-state index in [9.17, 15) is 15.0 Å². The van der Waals surface area contributed by atoms with Gasteiger partial charge in [-0.15, -0.1) is 0 Å². The molecule has 4 atom stereocenters. The van der Waals surface area contributed by atoms with Crippen molar-refractivity contribution in [2.24, 2.45) is 23.7 Å². The second kappa shape index (κ2) is 8.05. The summed E-state index contributed by atoms with van der Waals surface area (Å²) < 4.78 is 0. The first kappa shape index (κ1) is 19.9. The molecule has 3 aliphatic rings. The van der Waals surface area contributed by atoms with Crippen LogP contribution in [0.25, 0.3) is 0 Å². The normalized spacial score (nSPS) is 33.3. The molecule has 0 bridgehead atoms. The first-order chi connectivity index (χ1) is 12.3. The zero-order valence-electron chi connectivity index (χ0n) is 17.0. The minimum atomic E-state index is -0.868. The van der Waals surface area contributed by atoms with E-state index in [1.807, 2.05) is 9.80 Å². The van der Waals surface area contributed by atoms with Gasteiger partial charge in [0.15, 0.2) is 0 Å². The molecule has 5 nitrogen and oxygen atoms in total. The van der Waals surface area contributed by atoms with Crippen molar-refractivity contribution in [3.63, 3.8) is 0 Å². The molecular weight excluding hydrogens is 328 g/mol. The fourth-order valence-corrected chi connectivity index (χ4v) is 4.36. The summed E-state index contributed by atoms with van der Waals surface area (Å²) in [5, 5.41) is 22.1. The van der Waals surface area contributed by atoms with Crippen molar-refractivity contribution in [1.29, 1.82) is 0 Å². The quantitative estimate of drug-likeness (QED) is 0.694. The number of amides is 2. The van der Waals surface area contributed by atoms with E-state index in [1.165, 1.54) is 25.7 Å². The van der Waals surface area contributed by atoms with E-state index in [0.717, 1.165) is 25.9 Å². The zero-order valence-corrected chi connectivity index (χ0v) is 17.0. The van der Waals surface area contributed by atoms with Crippen LogP contribution in [0.5, 0.6) is 0 Å². The Kier molecular flexibility index (Phi) is 6.18. The van der Waals surface area contributed by atoms with Crippen molar-refractivity contribution in [1.82, 2.24) is 9.80 Å². The molecule has 2 aliphatic carbocycles. The lowest BCUT2D eigenvalue weighted by atomic mass is 9.89. The SMILES string of the molecule is CC(C)C[C@@H]1[C@H](O)[C@@H](O)[C@@H](CC(C)C)N(CC2CC2)C(=O)N1CC1CC1.